The molecule has 6 heteroatoms. The van der Waals surface area contributed by atoms with E-state index in [4.69, 9.17) is 11.6 Å². The van der Waals surface area contributed by atoms with Crippen LogP contribution < -0.4 is 4.72 Å². The first-order chi connectivity index (χ1) is 10.9. The van der Waals surface area contributed by atoms with Gasteiger partial charge in [-0.05, 0) is 41.7 Å². The highest BCUT2D eigenvalue weighted by Crippen LogP contribution is 2.36. The predicted molar refractivity (Wildman–Crippen MR) is 90.7 cm³/mol. The SMILES string of the molecule is O=S(=O)(Cc1cccc(Cl)c1)NCC1(O)CCc2ccccc21. The Morgan fingerprint density at radius 2 is 1.96 bits per heavy atom. The van der Waals surface area contributed by atoms with E-state index < -0.39 is 15.6 Å². The number of nitrogens with one attached hydrogen (secondary N) is 1. The van der Waals surface area contributed by atoms with Crippen molar-refractivity contribution < 1.29 is 13.5 Å². The fourth-order valence-electron chi connectivity index (χ4n) is 2.98. The van der Waals surface area contributed by atoms with Gasteiger partial charge in [0.1, 0.15) is 5.60 Å². The van der Waals surface area contributed by atoms with Crippen molar-refractivity contribution in [1.82, 2.24) is 4.72 Å². The molecule has 0 radical (unpaired) electrons. The van der Waals surface area contributed by atoms with Crippen LogP contribution in [0.2, 0.25) is 5.02 Å². The zero-order valence-corrected chi connectivity index (χ0v) is 14.1. The van der Waals surface area contributed by atoms with Crippen molar-refractivity contribution >= 4 is 21.6 Å². The van der Waals surface area contributed by atoms with Crippen LogP contribution in [0.1, 0.15) is 23.1 Å². The van der Waals surface area contributed by atoms with Gasteiger partial charge in [-0.25, -0.2) is 13.1 Å². The molecule has 0 aromatic heterocycles. The summed E-state index contributed by atoms with van der Waals surface area (Å²) in [6.45, 7) is -0.0209. The fourth-order valence-corrected chi connectivity index (χ4v) is 4.37. The van der Waals surface area contributed by atoms with Gasteiger partial charge in [0.2, 0.25) is 10.0 Å². The van der Waals surface area contributed by atoms with Crippen LogP contribution in [0.25, 0.3) is 0 Å². The third-order valence-corrected chi connectivity index (χ3v) is 5.69. The zero-order valence-electron chi connectivity index (χ0n) is 12.5. The number of hydrogen-bond donors (Lipinski definition) is 2. The Labute approximate surface area is 141 Å². The molecular weight excluding hydrogens is 334 g/mol. The van der Waals surface area contributed by atoms with Crippen LogP contribution in [0, 0.1) is 0 Å². The summed E-state index contributed by atoms with van der Waals surface area (Å²) in [7, 11) is -3.55. The van der Waals surface area contributed by atoms with Crippen LogP contribution in [0.4, 0.5) is 0 Å². The van der Waals surface area contributed by atoms with E-state index >= 15 is 0 Å². The molecule has 1 aliphatic rings. The molecule has 2 aromatic rings. The third kappa shape index (κ3) is 3.75. The Bertz CT molecular complexity index is 822. The molecule has 0 heterocycles. The molecule has 0 aliphatic heterocycles. The number of rotatable bonds is 5. The standard InChI is InChI=1S/C17H18ClNO3S/c18-15-6-3-4-13(10-15)11-23(21,22)19-12-17(20)9-8-14-5-1-2-7-16(14)17/h1-7,10,19-20H,8-9,11-12H2. The summed E-state index contributed by atoms with van der Waals surface area (Å²) in [4.78, 5) is 0. The van der Waals surface area contributed by atoms with Gasteiger partial charge < -0.3 is 5.11 Å². The van der Waals surface area contributed by atoms with Crippen molar-refractivity contribution in [2.45, 2.75) is 24.2 Å². The summed E-state index contributed by atoms with van der Waals surface area (Å²) < 4.78 is 27.0. The Balaban J connectivity index is 1.70. The molecule has 122 valence electrons. The first-order valence-corrected chi connectivity index (χ1v) is 9.44. The normalized spacial score (nSPS) is 20.4. The number of aliphatic hydroxyl groups is 1. The lowest BCUT2D eigenvalue weighted by Gasteiger charge is -2.24. The monoisotopic (exact) mass is 351 g/mol. The van der Waals surface area contributed by atoms with E-state index in [0.717, 1.165) is 17.5 Å². The summed E-state index contributed by atoms with van der Waals surface area (Å²) in [6, 6.07) is 14.4. The number of aryl methyl sites for hydroxylation is 1. The summed E-state index contributed by atoms with van der Waals surface area (Å²) in [6.07, 6.45) is 1.27. The lowest BCUT2D eigenvalue weighted by molar-refractivity contribution is 0.0442. The quantitative estimate of drug-likeness (QED) is 0.870. The van der Waals surface area contributed by atoms with Crippen molar-refractivity contribution in [1.29, 1.82) is 0 Å². The van der Waals surface area contributed by atoms with Gasteiger partial charge in [0, 0.05) is 11.6 Å². The molecule has 1 atom stereocenters. The molecule has 0 bridgehead atoms. The average Bonchev–Trinajstić information content (AvgIpc) is 2.84. The largest absolute Gasteiger partial charge is 0.384 e. The van der Waals surface area contributed by atoms with E-state index in [9.17, 15) is 13.5 Å². The molecule has 0 amide bonds. The van der Waals surface area contributed by atoms with Gasteiger partial charge >= 0.3 is 0 Å². The van der Waals surface area contributed by atoms with Gasteiger partial charge in [0.05, 0.1) is 5.75 Å². The van der Waals surface area contributed by atoms with Crippen LogP contribution in [0.5, 0.6) is 0 Å². The molecule has 1 aliphatic carbocycles. The second kappa shape index (κ2) is 6.24. The lowest BCUT2D eigenvalue weighted by atomic mass is 9.96. The number of hydrogen-bond acceptors (Lipinski definition) is 3. The highest BCUT2D eigenvalue weighted by Gasteiger charge is 2.37. The summed E-state index contributed by atoms with van der Waals surface area (Å²) in [5, 5.41) is 11.3. The van der Waals surface area contributed by atoms with Crippen LogP contribution >= 0.6 is 11.6 Å². The number of fused-ring (bicyclic) bond motifs is 1. The van der Waals surface area contributed by atoms with Crippen LogP contribution in [0.15, 0.2) is 48.5 Å². The van der Waals surface area contributed by atoms with Gasteiger partial charge in [-0.1, -0.05) is 48.0 Å². The maximum Gasteiger partial charge on any atom is 0.215 e. The zero-order chi connectivity index (χ0) is 16.5. The van der Waals surface area contributed by atoms with Crippen molar-refractivity contribution in [3.63, 3.8) is 0 Å². The van der Waals surface area contributed by atoms with E-state index in [1.807, 2.05) is 24.3 Å². The molecule has 0 fully saturated rings. The molecule has 4 nitrogen and oxygen atoms in total. The molecule has 23 heavy (non-hydrogen) atoms. The third-order valence-electron chi connectivity index (χ3n) is 4.16. The van der Waals surface area contributed by atoms with Gasteiger partial charge in [-0.15, -0.1) is 0 Å². The Morgan fingerprint density at radius 3 is 2.74 bits per heavy atom. The highest BCUT2D eigenvalue weighted by atomic mass is 35.5. The van der Waals surface area contributed by atoms with Gasteiger partial charge in [-0.3, -0.25) is 0 Å². The van der Waals surface area contributed by atoms with Crippen LogP contribution in [-0.2, 0) is 27.8 Å². The number of benzene rings is 2. The van der Waals surface area contributed by atoms with Crippen molar-refractivity contribution in [2.75, 3.05) is 6.54 Å². The first kappa shape index (κ1) is 16.5. The topological polar surface area (TPSA) is 66.4 Å². The number of halogens is 1. The summed E-state index contributed by atoms with van der Waals surface area (Å²) in [5.41, 5.74) is 1.36. The Kier molecular flexibility index (Phi) is 4.47. The van der Waals surface area contributed by atoms with Crippen LogP contribution in [0.3, 0.4) is 0 Å². The van der Waals surface area contributed by atoms with E-state index in [-0.39, 0.29) is 12.3 Å². The summed E-state index contributed by atoms with van der Waals surface area (Å²) in [5.74, 6) is -0.161. The minimum Gasteiger partial charge on any atom is -0.384 e. The molecule has 3 rings (SSSR count). The van der Waals surface area contributed by atoms with E-state index in [1.165, 1.54) is 0 Å². The fraction of sp³-hybridized carbons (Fsp3) is 0.294. The van der Waals surface area contributed by atoms with Crippen LogP contribution in [-0.4, -0.2) is 20.1 Å². The molecular formula is C17H18ClNO3S. The molecule has 0 saturated carbocycles. The first-order valence-electron chi connectivity index (χ1n) is 7.41. The maximum absolute atomic E-state index is 12.3. The van der Waals surface area contributed by atoms with Gasteiger partial charge in [0.25, 0.3) is 0 Å². The Morgan fingerprint density at radius 1 is 1.17 bits per heavy atom. The number of sulfonamides is 1. The average molecular weight is 352 g/mol. The second-order valence-corrected chi connectivity index (χ2v) is 8.14. The predicted octanol–water partition coefficient (Wildman–Crippen LogP) is 2.59. The van der Waals surface area contributed by atoms with Crippen molar-refractivity contribution in [3.05, 3.63) is 70.2 Å². The molecule has 1 unspecified atom stereocenters. The van der Waals surface area contributed by atoms with E-state index in [2.05, 4.69) is 4.72 Å². The molecule has 0 saturated heterocycles. The molecule has 2 aromatic carbocycles. The van der Waals surface area contributed by atoms with E-state index in [0.29, 0.717) is 17.0 Å². The van der Waals surface area contributed by atoms with Crippen molar-refractivity contribution in [2.24, 2.45) is 0 Å². The smallest absolute Gasteiger partial charge is 0.215 e. The lowest BCUT2D eigenvalue weighted by Crippen LogP contribution is -2.39. The molecule has 0 spiro atoms. The van der Waals surface area contributed by atoms with E-state index in [1.54, 1.807) is 24.3 Å². The molecule has 2 N–H and O–H groups in total. The summed E-state index contributed by atoms with van der Waals surface area (Å²) >= 11 is 5.88. The Hall–Kier alpha value is -1.40. The van der Waals surface area contributed by atoms with Crippen molar-refractivity contribution in [3.8, 4) is 0 Å². The van der Waals surface area contributed by atoms with Gasteiger partial charge in [0.15, 0.2) is 0 Å². The van der Waals surface area contributed by atoms with Gasteiger partial charge in [-0.2, -0.15) is 0 Å². The minimum atomic E-state index is -3.55. The highest BCUT2D eigenvalue weighted by molar-refractivity contribution is 7.88. The second-order valence-electron chi connectivity index (χ2n) is 5.90. The maximum atomic E-state index is 12.3. The minimum absolute atomic E-state index is 0.0209.